The van der Waals surface area contributed by atoms with Gasteiger partial charge in [0.2, 0.25) is 5.91 Å². The lowest BCUT2D eigenvalue weighted by molar-refractivity contribution is -0.123. The largest absolute Gasteiger partial charge is 0.483 e. The molecular weight excluding hydrogens is 362 g/mol. The quantitative estimate of drug-likeness (QED) is 0.420. The second kappa shape index (κ2) is 10.1. The van der Waals surface area contributed by atoms with Crippen LogP contribution in [0, 0.1) is 13.8 Å². The zero-order valence-electron chi connectivity index (χ0n) is 15.1. The number of thiocarbonyl (C=S) groups is 1. The zero-order chi connectivity index (χ0) is 19.6. The van der Waals surface area contributed by atoms with Crippen LogP contribution < -0.4 is 20.9 Å². The maximum absolute atomic E-state index is 11.9. The molecule has 3 N–H and O–H groups in total. The number of carbonyl (C=O) groups is 2. The van der Waals surface area contributed by atoms with Crippen LogP contribution in [0.15, 0.2) is 54.6 Å². The molecule has 0 saturated carbocycles. The Bertz CT molecular complexity index is 831. The fraction of sp³-hybridized carbons (Fsp3) is 0.150. The van der Waals surface area contributed by atoms with E-state index in [1.54, 1.807) is 6.08 Å². The molecule has 0 heterocycles. The van der Waals surface area contributed by atoms with Crippen LogP contribution in [-0.2, 0) is 9.59 Å². The van der Waals surface area contributed by atoms with E-state index < -0.39 is 11.8 Å². The number of para-hydroxylation sites is 1. The van der Waals surface area contributed by atoms with Crippen LogP contribution >= 0.6 is 12.2 Å². The van der Waals surface area contributed by atoms with Crippen LogP contribution in [0.25, 0.3) is 6.08 Å². The minimum atomic E-state index is -0.422. The molecule has 0 aliphatic rings. The van der Waals surface area contributed by atoms with Gasteiger partial charge < -0.3 is 4.74 Å². The van der Waals surface area contributed by atoms with Crippen molar-refractivity contribution in [2.45, 2.75) is 13.8 Å². The number of aryl methyl sites for hydroxylation is 2. The van der Waals surface area contributed by atoms with Crippen LogP contribution in [0.2, 0.25) is 0 Å². The molecule has 0 saturated heterocycles. The summed E-state index contributed by atoms with van der Waals surface area (Å²) in [7, 11) is 0. The fourth-order valence-corrected chi connectivity index (χ4v) is 2.40. The highest BCUT2D eigenvalue weighted by Gasteiger charge is 2.08. The van der Waals surface area contributed by atoms with Gasteiger partial charge in [0, 0.05) is 6.08 Å². The van der Waals surface area contributed by atoms with E-state index in [9.17, 15) is 9.59 Å². The summed E-state index contributed by atoms with van der Waals surface area (Å²) in [6.45, 7) is 3.64. The van der Waals surface area contributed by atoms with Crippen molar-refractivity contribution in [3.63, 3.8) is 0 Å². The molecule has 0 aliphatic carbocycles. The Morgan fingerprint density at radius 3 is 2.33 bits per heavy atom. The first-order valence-corrected chi connectivity index (χ1v) is 8.68. The number of carbonyl (C=O) groups excluding carboxylic acids is 2. The Labute approximate surface area is 163 Å². The minimum Gasteiger partial charge on any atom is -0.483 e. The molecule has 27 heavy (non-hydrogen) atoms. The highest BCUT2D eigenvalue weighted by Crippen LogP contribution is 2.21. The molecular formula is C20H21N3O3S. The first-order chi connectivity index (χ1) is 13.0. The SMILES string of the molecule is Cc1cccc(C)c1OCC(=O)NNC(=S)NC(=O)C=Cc1ccccc1. The summed E-state index contributed by atoms with van der Waals surface area (Å²) >= 11 is 4.97. The number of hydrazine groups is 1. The summed E-state index contributed by atoms with van der Waals surface area (Å²) in [6, 6.07) is 15.1. The number of ether oxygens (including phenoxy) is 1. The molecule has 2 rings (SSSR count). The molecule has 0 radical (unpaired) electrons. The smallest absolute Gasteiger partial charge is 0.276 e. The van der Waals surface area contributed by atoms with Gasteiger partial charge in [-0.15, -0.1) is 0 Å². The van der Waals surface area contributed by atoms with Crippen molar-refractivity contribution >= 4 is 35.2 Å². The van der Waals surface area contributed by atoms with Crippen LogP contribution in [0.4, 0.5) is 0 Å². The van der Waals surface area contributed by atoms with E-state index in [2.05, 4.69) is 16.2 Å². The van der Waals surface area contributed by atoms with Crippen molar-refractivity contribution in [2.24, 2.45) is 0 Å². The summed E-state index contributed by atoms with van der Waals surface area (Å²) in [6.07, 6.45) is 3.02. The van der Waals surface area contributed by atoms with Gasteiger partial charge in [-0.05, 0) is 48.8 Å². The summed E-state index contributed by atoms with van der Waals surface area (Å²) in [4.78, 5) is 23.6. The molecule has 0 fully saturated rings. The summed E-state index contributed by atoms with van der Waals surface area (Å²) in [5.74, 6) is -0.152. The molecule has 140 valence electrons. The van der Waals surface area contributed by atoms with Crippen molar-refractivity contribution < 1.29 is 14.3 Å². The van der Waals surface area contributed by atoms with Crippen molar-refractivity contribution in [3.05, 3.63) is 71.3 Å². The van der Waals surface area contributed by atoms with Gasteiger partial charge in [0.25, 0.3) is 5.91 Å². The first kappa shape index (κ1) is 20.1. The second-order valence-corrected chi connectivity index (χ2v) is 6.15. The van der Waals surface area contributed by atoms with Gasteiger partial charge in [-0.3, -0.25) is 25.8 Å². The average molecular weight is 383 g/mol. The molecule has 0 unspecified atom stereocenters. The Morgan fingerprint density at radius 1 is 1.00 bits per heavy atom. The number of rotatable bonds is 5. The predicted molar refractivity (Wildman–Crippen MR) is 109 cm³/mol. The van der Waals surface area contributed by atoms with Crippen molar-refractivity contribution in [1.29, 1.82) is 0 Å². The molecule has 2 amide bonds. The maximum atomic E-state index is 11.9. The molecule has 0 bridgehead atoms. The lowest BCUT2D eigenvalue weighted by Gasteiger charge is -2.13. The molecule has 0 aromatic heterocycles. The maximum Gasteiger partial charge on any atom is 0.276 e. The molecule has 7 heteroatoms. The summed E-state index contributed by atoms with van der Waals surface area (Å²) in [5, 5.41) is 2.42. The van der Waals surface area contributed by atoms with Crippen LogP contribution in [0.1, 0.15) is 16.7 Å². The number of amides is 2. The Balaban J connectivity index is 1.72. The Kier molecular flexibility index (Phi) is 7.51. The van der Waals surface area contributed by atoms with E-state index in [0.717, 1.165) is 16.7 Å². The normalized spacial score (nSPS) is 10.3. The average Bonchev–Trinajstić information content (AvgIpc) is 2.65. The number of nitrogens with one attached hydrogen (secondary N) is 3. The van der Waals surface area contributed by atoms with Gasteiger partial charge in [-0.2, -0.15) is 0 Å². The highest BCUT2D eigenvalue weighted by molar-refractivity contribution is 7.80. The van der Waals surface area contributed by atoms with E-state index >= 15 is 0 Å². The third-order valence-corrected chi connectivity index (χ3v) is 3.74. The van der Waals surface area contributed by atoms with Crippen LogP contribution in [0.5, 0.6) is 5.75 Å². The van der Waals surface area contributed by atoms with E-state index in [1.807, 2.05) is 62.4 Å². The highest BCUT2D eigenvalue weighted by atomic mass is 32.1. The van der Waals surface area contributed by atoms with Crippen LogP contribution in [0.3, 0.4) is 0 Å². The van der Waals surface area contributed by atoms with E-state index in [0.29, 0.717) is 5.75 Å². The second-order valence-electron chi connectivity index (χ2n) is 5.75. The minimum absolute atomic E-state index is 0.0156. The Hall–Kier alpha value is -3.19. The lowest BCUT2D eigenvalue weighted by Crippen LogP contribution is -2.49. The van der Waals surface area contributed by atoms with E-state index in [-0.39, 0.29) is 11.7 Å². The molecule has 6 nitrogen and oxygen atoms in total. The van der Waals surface area contributed by atoms with Gasteiger partial charge >= 0.3 is 0 Å². The third-order valence-electron chi connectivity index (χ3n) is 3.54. The monoisotopic (exact) mass is 383 g/mol. The lowest BCUT2D eigenvalue weighted by atomic mass is 10.1. The van der Waals surface area contributed by atoms with Gasteiger partial charge in [0.1, 0.15) is 5.75 Å². The first-order valence-electron chi connectivity index (χ1n) is 8.27. The third kappa shape index (κ3) is 6.91. The molecule has 2 aromatic carbocycles. The molecule has 2 aromatic rings. The number of hydrogen-bond donors (Lipinski definition) is 3. The number of hydrogen-bond acceptors (Lipinski definition) is 4. The van der Waals surface area contributed by atoms with Crippen molar-refractivity contribution in [2.75, 3.05) is 6.61 Å². The van der Waals surface area contributed by atoms with Crippen molar-refractivity contribution in [3.8, 4) is 5.75 Å². The molecule has 0 spiro atoms. The van der Waals surface area contributed by atoms with Gasteiger partial charge in [0.05, 0.1) is 0 Å². The van der Waals surface area contributed by atoms with E-state index in [1.165, 1.54) is 6.08 Å². The van der Waals surface area contributed by atoms with Gasteiger partial charge in [-0.1, -0.05) is 48.5 Å². The summed E-state index contributed by atoms with van der Waals surface area (Å²) < 4.78 is 5.54. The fourth-order valence-electron chi connectivity index (χ4n) is 2.25. The Morgan fingerprint density at radius 2 is 1.67 bits per heavy atom. The zero-order valence-corrected chi connectivity index (χ0v) is 15.9. The standard InChI is InChI=1S/C20H21N3O3S/c1-14-7-6-8-15(2)19(14)26-13-18(25)22-23-20(27)21-17(24)12-11-16-9-4-3-5-10-16/h3-12H,13H2,1-2H3,(H,22,25)(H2,21,23,24,27). The number of benzene rings is 2. The molecule has 0 atom stereocenters. The van der Waals surface area contributed by atoms with Gasteiger partial charge in [0.15, 0.2) is 11.7 Å². The topological polar surface area (TPSA) is 79.5 Å². The summed E-state index contributed by atoms with van der Waals surface area (Å²) in [5.41, 5.74) is 7.63. The molecule has 0 aliphatic heterocycles. The predicted octanol–water partition coefficient (Wildman–Crippen LogP) is 2.42. The van der Waals surface area contributed by atoms with Gasteiger partial charge in [-0.25, -0.2) is 0 Å². The van der Waals surface area contributed by atoms with E-state index in [4.69, 9.17) is 17.0 Å². The van der Waals surface area contributed by atoms with Crippen LogP contribution in [-0.4, -0.2) is 23.5 Å². The van der Waals surface area contributed by atoms with Crippen molar-refractivity contribution in [1.82, 2.24) is 16.2 Å².